The van der Waals surface area contributed by atoms with Crippen molar-refractivity contribution in [3.8, 4) is 5.75 Å². The molecule has 0 saturated carbocycles. The van der Waals surface area contributed by atoms with E-state index in [9.17, 15) is 14.4 Å². The molecule has 0 fully saturated rings. The minimum absolute atomic E-state index is 0.107. The molecule has 0 unspecified atom stereocenters. The zero-order valence-corrected chi connectivity index (χ0v) is 15.7. The number of ether oxygens (including phenoxy) is 1. The van der Waals surface area contributed by atoms with E-state index in [-0.39, 0.29) is 24.3 Å². The SMILES string of the molecule is COc1ccc(NC(=O)c2cccc(CN3C(=O)c4ccccc4C3=O)c2)cc1. The highest BCUT2D eigenvalue weighted by atomic mass is 16.5. The lowest BCUT2D eigenvalue weighted by Crippen LogP contribution is -2.29. The standard InChI is InChI=1S/C23H18N2O4/c1-29-18-11-9-17(10-12-18)24-21(26)16-6-4-5-15(13-16)14-25-22(27)19-7-2-3-8-20(19)23(25)28/h2-13H,14H2,1H3,(H,24,26). The highest BCUT2D eigenvalue weighted by Gasteiger charge is 2.34. The lowest BCUT2D eigenvalue weighted by molar-refractivity contribution is 0.0642. The van der Waals surface area contributed by atoms with E-state index >= 15 is 0 Å². The van der Waals surface area contributed by atoms with Gasteiger partial charge < -0.3 is 10.1 Å². The Kier molecular flexibility index (Phi) is 4.83. The zero-order valence-electron chi connectivity index (χ0n) is 15.7. The largest absolute Gasteiger partial charge is 0.497 e. The predicted octanol–water partition coefficient (Wildman–Crippen LogP) is 3.74. The number of nitrogens with one attached hydrogen (secondary N) is 1. The number of nitrogens with zero attached hydrogens (tertiary/aromatic N) is 1. The molecule has 1 heterocycles. The summed E-state index contributed by atoms with van der Waals surface area (Å²) in [5, 5.41) is 2.82. The molecule has 6 heteroatoms. The molecule has 0 bridgehead atoms. The molecule has 0 aliphatic carbocycles. The van der Waals surface area contributed by atoms with E-state index in [0.29, 0.717) is 33.7 Å². The Balaban J connectivity index is 1.49. The van der Waals surface area contributed by atoms with Crippen molar-refractivity contribution >= 4 is 23.4 Å². The fourth-order valence-corrected chi connectivity index (χ4v) is 3.25. The van der Waals surface area contributed by atoms with E-state index in [0.717, 1.165) is 0 Å². The summed E-state index contributed by atoms with van der Waals surface area (Å²) in [5.74, 6) is -0.220. The van der Waals surface area contributed by atoms with Crippen molar-refractivity contribution in [1.29, 1.82) is 0 Å². The van der Waals surface area contributed by atoms with Crippen molar-refractivity contribution in [2.45, 2.75) is 6.54 Å². The van der Waals surface area contributed by atoms with Crippen molar-refractivity contribution in [1.82, 2.24) is 4.90 Å². The van der Waals surface area contributed by atoms with E-state index in [4.69, 9.17) is 4.74 Å². The van der Waals surface area contributed by atoms with Gasteiger partial charge >= 0.3 is 0 Å². The molecule has 3 aromatic carbocycles. The normalized spacial score (nSPS) is 12.7. The van der Waals surface area contributed by atoms with Gasteiger partial charge in [-0.25, -0.2) is 0 Å². The lowest BCUT2D eigenvalue weighted by Gasteiger charge is -2.14. The van der Waals surface area contributed by atoms with Gasteiger partial charge in [0.05, 0.1) is 24.8 Å². The first kappa shape index (κ1) is 18.4. The van der Waals surface area contributed by atoms with Gasteiger partial charge in [0.2, 0.25) is 0 Å². The minimum atomic E-state index is -0.321. The predicted molar refractivity (Wildman–Crippen MR) is 108 cm³/mol. The molecule has 1 aliphatic heterocycles. The van der Waals surface area contributed by atoms with E-state index in [1.54, 1.807) is 79.9 Å². The molecule has 29 heavy (non-hydrogen) atoms. The van der Waals surface area contributed by atoms with Crippen LogP contribution in [0, 0.1) is 0 Å². The summed E-state index contributed by atoms with van der Waals surface area (Å²) < 4.78 is 5.11. The summed E-state index contributed by atoms with van der Waals surface area (Å²) in [5.41, 5.74) is 2.59. The molecular weight excluding hydrogens is 368 g/mol. The molecule has 3 aromatic rings. The van der Waals surface area contributed by atoms with Crippen LogP contribution in [0.2, 0.25) is 0 Å². The molecule has 1 aliphatic rings. The number of amides is 3. The second-order valence-electron chi connectivity index (χ2n) is 6.63. The molecule has 144 valence electrons. The van der Waals surface area contributed by atoms with Crippen molar-refractivity contribution in [2.24, 2.45) is 0 Å². The first-order chi connectivity index (χ1) is 14.1. The van der Waals surface area contributed by atoms with Gasteiger partial charge in [-0.2, -0.15) is 0 Å². The lowest BCUT2D eigenvalue weighted by atomic mass is 10.1. The van der Waals surface area contributed by atoms with Crippen molar-refractivity contribution in [3.63, 3.8) is 0 Å². The number of imide groups is 1. The van der Waals surface area contributed by atoms with Gasteiger partial charge in [-0.3, -0.25) is 19.3 Å². The summed E-state index contributed by atoms with van der Waals surface area (Å²) in [6.07, 6.45) is 0. The second-order valence-corrected chi connectivity index (χ2v) is 6.63. The number of hydrogen-bond acceptors (Lipinski definition) is 4. The van der Waals surface area contributed by atoms with Crippen molar-refractivity contribution < 1.29 is 19.1 Å². The summed E-state index contributed by atoms with van der Waals surface area (Å²) >= 11 is 0. The maximum Gasteiger partial charge on any atom is 0.261 e. The van der Waals surface area contributed by atoms with Crippen LogP contribution >= 0.6 is 0 Å². The maximum absolute atomic E-state index is 12.6. The van der Waals surface area contributed by atoms with Crippen LogP contribution in [0.15, 0.2) is 72.8 Å². The minimum Gasteiger partial charge on any atom is -0.497 e. The molecule has 0 saturated heterocycles. The third-order valence-corrected chi connectivity index (χ3v) is 4.76. The fraction of sp³-hybridized carbons (Fsp3) is 0.0870. The first-order valence-electron chi connectivity index (χ1n) is 9.06. The Morgan fingerprint density at radius 3 is 2.17 bits per heavy atom. The summed E-state index contributed by atoms with van der Waals surface area (Å²) in [6.45, 7) is 0.107. The van der Waals surface area contributed by atoms with Gasteiger partial charge in [0, 0.05) is 11.3 Å². The van der Waals surface area contributed by atoms with Crippen LogP contribution in [-0.4, -0.2) is 29.7 Å². The average Bonchev–Trinajstić information content (AvgIpc) is 2.99. The molecule has 6 nitrogen and oxygen atoms in total. The third-order valence-electron chi connectivity index (χ3n) is 4.76. The average molecular weight is 386 g/mol. The van der Waals surface area contributed by atoms with Crippen LogP contribution in [0.25, 0.3) is 0 Å². The Bertz CT molecular complexity index is 1070. The number of hydrogen-bond donors (Lipinski definition) is 1. The summed E-state index contributed by atoms with van der Waals surface area (Å²) in [6, 6.07) is 20.7. The Morgan fingerprint density at radius 2 is 1.55 bits per heavy atom. The molecule has 1 N–H and O–H groups in total. The van der Waals surface area contributed by atoms with Gasteiger partial charge in [0.25, 0.3) is 17.7 Å². The van der Waals surface area contributed by atoms with Crippen LogP contribution in [-0.2, 0) is 6.54 Å². The van der Waals surface area contributed by atoms with Crippen LogP contribution in [0.1, 0.15) is 36.6 Å². The number of carbonyl (C=O) groups excluding carboxylic acids is 3. The topological polar surface area (TPSA) is 75.7 Å². The highest BCUT2D eigenvalue weighted by molar-refractivity contribution is 6.21. The number of rotatable bonds is 5. The van der Waals surface area contributed by atoms with Gasteiger partial charge in [-0.05, 0) is 54.1 Å². The fourth-order valence-electron chi connectivity index (χ4n) is 3.25. The maximum atomic E-state index is 12.6. The molecule has 0 atom stereocenters. The molecule has 0 spiro atoms. The van der Waals surface area contributed by atoms with Crippen LogP contribution in [0.4, 0.5) is 5.69 Å². The van der Waals surface area contributed by atoms with Crippen LogP contribution < -0.4 is 10.1 Å². The second kappa shape index (κ2) is 7.59. The Hall–Kier alpha value is -3.93. The van der Waals surface area contributed by atoms with Gasteiger partial charge in [0.15, 0.2) is 0 Å². The van der Waals surface area contributed by atoms with Crippen LogP contribution in [0.5, 0.6) is 5.75 Å². The number of anilines is 1. The van der Waals surface area contributed by atoms with Crippen molar-refractivity contribution in [3.05, 3.63) is 95.1 Å². The molecular formula is C23H18N2O4. The third kappa shape index (κ3) is 3.60. The van der Waals surface area contributed by atoms with Crippen LogP contribution in [0.3, 0.4) is 0 Å². The first-order valence-corrected chi connectivity index (χ1v) is 9.06. The van der Waals surface area contributed by atoms with E-state index < -0.39 is 0 Å². The molecule has 3 amide bonds. The van der Waals surface area contributed by atoms with Crippen molar-refractivity contribution in [2.75, 3.05) is 12.4 Å². The molecule has 0 radical (unpaired) electrons. The number of methoxy groups -OCH3 is 1. The smallest absolute Gasteiger partial charge is 0.261 e. The summed E-state index contributed by atoms with van der Waals surface area (Å²) in [4.78, 5) is 38.9. The molecule has 4 rings (SSSR count). The van der Waals surface area contributed by atoms with Gasteiger partial charge in [-0.1, -0.05) is 24.3 Å². The monoisotopic (exact) mass is 386 g/mol. The zero-order chi connectivity index (χ0) is 20.4. The number of carbonyl (C=O) groups is 3. The summed E-state index contributed by atoms with van der Waals surface area (Å²) in [7, 11) is 1.58. The highest BCUT2D eigenvalue weighted by Crippen LogP contribution is 2.24. The van der Waals surface area contributed by atoms with E-state index in [1.807, 2.05) is 0 Å². The number of benzene rings is 3. The van der Waals surface area contributed by atoms with E-state index in [2.05, 4.69) is 5.32 Å². The van der Waals surface area contributed by atoms with Gasteiger partial charge in [0.1, 0.15) is 5.75 Å². The number of fused-ring (bicyclic) bond motifs is 1. The quantitative estimate of drug-likeness (QED) is 0.678. The Labute approximate surface area is 167 Å². The molecule has 0 aromatic heterocycles. The van der Waals surface area contributed by atoms with E-state index in [1.165, 1.54) is 4.90 Å². The Morgan fingerprint density at radius 1 is 0.897 bits per heavy atom. The van der Waals surface area contributed by atoms with Gasteiger partial charge in [-0.15, -0.1) is 0 Å².